The van der Waals surface area contributed by atoms with Crippen LogP contribution in [-0.4, -0.2) is 27.4 Å². The number of imidazole rings is 1. The number of rotatable bonds is 2. The molecule has 0 atom stereocenters. The summed E-state index contributed by atoms with van der Waals surface area (Å²) in [6.45, 7) is 4.95. The highest BCUT2D eigenvalue weighted by Gasteiger charge is 2.21. The maximum absolute atomic E-state index is 11.9. The van der Waals surface area contributed by atoms with Crippen LogP contribution in [0.5, 0.6) is 0 Å². The van der Waals surface area contributed by atoms with Gasteiger partial charge < -0.3 is 10.3 Å². The second-order valence-electron chi connectivity index (χ2n) is 5.00. The first-order chi connectivity index (χ1) is 9.15. The van der Waals surface area contributed by atoms with Gasteiger partial charge in [0, 0.05) is 23.5 Å². The number of hydrogen-bond donors (Lipinski definition) is 2. The van der Waals surface area contributed by atoms with E-state index in [1.165, 1.54) is 0 Å². The first kappa shape index (κ1) is 12.3. The monoisotopic (exact) mass is 276 g/mol. The molecule has 0 bridgehead atoms. The molecule has 19 heavy (non-hydrogen) atoms. The fraction of sp³-hybridized carbons (Fsp3) is 0.462. The minimum absolute atomic E-state index is 0.0886. The third-order valence-corrected chi connectivity index (χ3v) is 4.29. The van der Waals surface area contributed by atoms with Crippen molar-refractivity contribution in [1.29, 1.82) is 0 Å². The van der Waals surface area contributed by atoms with Gasteiger partial charge in [0.1, 0.15) is 11.4 Å². The second kappa shape index (κ2) is 4.77. The number of aromatic amines is 1. The van der Waals surface area contributed by atoms with Crippen LogP contribution >= 0.6 is 11.3 Å². The summed E-state index contributed by atoms with van der Waals surface area (Å²) in [7, 11) is 0. The van der Waals surface area contributed by atoms with Crippen molar-refractivity contribution in [2.75, 3.05) is 6.54 Å². The Balaban J connectivity index is 1.97. The van der Waals surface area contributed by atoms with Crippen LogP contribution < -0.4 is 5.32 Å². The first-order valence-electron chi connectivity index (χ1n) is 6.48. The number of thiazole rings is 1. The molecule has 100 valence electrons. The van der Waals surface area contributed by atoms with E-state index in [-0.39, 0.29) is 5.91 Å². The predicted molar refractivity (Wildman–Crippen MR) is 74.4 cm³/mol. The number of aromatic nitrogens is 3. The zero-order valence-electron chi connectivity index (χ0n) is 11.0. The van der Waals surface area contributed by atoms with E-state index in [0.29, 0.717) is 24.0 Å². The predicted octanol–water partition coefficient (Wildman–Crippen LogP) is 2.33. The van der Waals surface area contributed by atoms with Crippen molar-refractivity contribution in [1.82, 2.24) is 20.3 Å². The fourth-order valence-corrected chi connectivity index (χ4v) is 2.93. The molecule has 3 rings (SSSR count). The molecule has 0 aromatic carbocycles. The van der Waals surface area contributed by atoms with Gasteiger partial charge in [-0.2, -0.15) is 0 Å². The molecule has 2 aromatic heterocycles. The zero-order valence-corrected chi connectivity index (χ0v) is 11.8. The van der Waals surface area contributed by atoms with Gasteiger partial charge in [0.25, 0.3) is 5.91 Å². The number of amides is 1. The van der Waals surface area contributed by atoms with Crippen LogP contribution in [0, 0.1) is 0 Å². The van der Waals surface area contributed by atoms with Gasteiger partial charge in [0.2, 0.25) is 0 Å². The summed E-state index contributed by atoms with van der Waals surface area (Å²) in [4.78, 5) is 24.1. The number of hydrogen-bond acceptors (Lipinski definition) is 4. The average molecular weight is 276 g/mol. The van der Waals surface area contributed by atoms with Gasteiger partial charge in [0.15, 0.2) is 5.82 Å². The van der Waals surface area contributed by atoms with E-state index in [0.717, 1.165) is 29.2 Å². The Hall–Kier alpha value is -1.69. The fourth-order valence-electron chi connectivity index (χ4n) is 2.11. The van der Waals surface area contributed by atoms with Crippen molar-refractivity contribution in [2.24, 2.45) is 0 Å². The molecule has 0 saturated carbocycles. The highest BCUT2D eigenvalue weighted by atomic mass is 32.1. The normalized spacial score (nSPS) is 15.2. The van der Waals surface area contributed by atoms with Gasteiger partial charge in [-0.1, -0.05) is 13.8 Å². The molecule has 6 heteroatoms. The number of H-pyrrole nitrogens is 1. The van der Waals surface area contributed by atoms with Crippen LogP contribution in [0.3, 0.4) is 0 Å². The number of fused-ring (bicyclic) bond motifs is 1. The van der Waals surface area contributed by atoms with Crippen molar-refractivity contribution in [3.05, 3.63) is 21.8 Å². The Kier molecular flexibility index (Phi) is 3.10. The molecule has 1 aliphatic rings. The molecular formula is C13H16N4OS. The number of carbonyl (C=O) groups is 1. The number of nitrogens with one attached hydrogen (secondary N) is 2. The average Bonchev–Trinajstić information content (AvgIpc) is 2.98. The van der Waals surface area contributed by atoms with Crippen molar-refractivity contribution in [2.45, 2.75) is 32.6 Å². The Morgan fingerprint density at radius 3 is 2.95 bits per heavy atom. The number of aryl methyl sites for hydroxylation is 1. The maximum Gasteiger partial charge on any atom is 0.271 e. The van der Waals surface area contributed by atoms with E-state index in [1.54, 1.807) is 11.3 Å². The Bertz CT molecular complexity index is 614. The quantitative estimate of drug-likeness (QED) is 0.884. The van der Waals surface area contributed by atoms with Crippen molar-refractivity contribution >= 4 is 17.2 Å². The van der Waals surface area contributed by atoms with Gasteiger partial charge in [0.05, 0.1) is 5.01 Å². The van der Waals surface area contributed by atoms with Gasteiger partial charge in [-0.15, -0.1) is 11.3 Å². The summed E-state index contributed by atoms with van der Waals surface area (Å²) in [5.74, 6) is 1.02. The van der Waals surface area contributed by atoms with Crippen LogP contribution in [0.1, 0.15) is 47.4 Å². The third-order valence-electron chi connectivity index (χ3n) is 3.14. The smallest absolute Gasteiger partial charge is 0.271 e. The van der Waals surface area contributed by atoms with Crippen LogP contribution in [0.4, 0.5) is 0 Å². The molecular weight excluding hydrogens is 260 g/mol. The molecule has 0 fully saturated rings. The van der Waals surface area contributed by atoms with E-state index < -0.39 is 0 Å². The Labute approximate surface area is 115 Å². The highest BCUT2D eigenvalue weighted by Crippen LogP contribution is 2.26. The molecule has 0 radical (unpaired) electrons. The van der Waals surface area contributed by atoms with Gasteiger partial charge >= 0.3 is 0 Å². The summed E-state index contributed by atoms with van der Waals surface area (Å²) in [5.41, 5.74) is 2.27. The standard InChI is InChI=1S/C13H16N4OS/c1-7(2)13-16-9(6-19-13)11-15-8-4-3-5-14-12(18)10(8)17-11/h6-7H,3-5H2,1-2H3,(H,14,18)(H,15,17). The lowest BCUT2D eigenvalue weighted by atomic mass is 10.2. The van der Waals surface area contributed by atoms with E-state index in [1.807, 2.05) is 5.38 Å². The molecule has 0 spiro atoms. The van der Waals surface area contributed by atoms with E-state index in [9.17, 15) is 4.79 Å². The minimum Gasteiger partial charge on any atom is -0.351 e. The zero-order chi connectivity index (χ0) is 13.4. The van der Waals surface area contributed by atoms with Crippen molar-refractivity contribution in [3.8, 4) is 11.5 Å². The molecule has 2 N–H and O–H groups in total. The molecule has 0 aliphatic carbocycles. The molecule has 3 heterocycles. The van der Waals surface area contributed by atoms with Crippen LogP contribution in [-0.2, 0) is 6.42 Å². The molecule has 2 aromatic rings. The van der Waals surface area contributed by atoms with Crippen LogP contribution in [0.25, 0.3) is 11.5 Å². The van der Waals surface area contributed by atoms with Crippen molar-refractivity contribution < 1.29 is 4.79 Å². The van der Waals surface area contributed by atoms with Crippen molar-refractivity contribution in [3.63, 3.8) is 0 Å². The Morgan fingerprint density at radius 1 is 1.37 bits per heavy atom. The van der Waals surface area contributed by atoms with E-state index in [2.05, 4.69) is 34.1 Å². The van der Waals surface area contributed by atoms with E-state index in [4.69, 9.17) is 0 Å². The number of carbonyl (C=O) groups excluding carboxylic acids is 1. The van der Waals surface area contributed by atoms with Crippen LogP contribution in [0.2, 0.25) is 0 Å². The largest absolute Gasteiger partial charge is 0.351 e. The lowest BCUT2D eigenvalue weighted by molar-refractivity contribution is 0.0951. The van der Waals surface area contributed by atoms with E-state index >= 15 is 0 Å². The Morgan fingerprint density at radius 2 is 2.21 bits per heavy atom. The molecule has 1 amide bonds. The van der Waals surface area contributed by atoms with Crippen LogP contribution in [0.15, 0.2) is 5.38 Å². The SMILES string of the molecule is CC(C)c1nc(-c2nc3c([nH]2)CCCNC3=O)cs1. The topological polar surface area (TPSA) is 70.7 Å². The van der Waals surface area contributed by atoms with Gasteiger partial charge in [-0.05, 0) is 12.8 Å². The number of nitrogens with zero attached hydrogens (tertiary/aromatic N) is 2. The summed E-state index contributed by atoms with van der Waals surface area (Å²) < 4.78 is 0. The summed E-state index contributed by atoms with van der Waals surface area (Å²) in [5, 5.41) is 5.93. The minimum atomic E-state index is -0.0886. The first-order valence-corrected chi connectivity index (χ1v) is 7.36. The summed E-state index contributed by atoms with van der Waals surface area (Å²) >= 11 is 1.63. The molecule has 0 saturated heterocycles. The molecule has 1 aliphatic heterocycles. The second-order valence-corrected chi connectivity index (χ2v) is 5.89. The summed E-state index contributed by atoms with van der Waals surface area (Å²) in [6, 6.07) is 0. The lowest BCUT2D eigenvalue weighted by Crippen LogP contribution is -2.23. The maximum atomic E-state index is 11.9. The summed E-state index contributed by atoms with van der Waals surface area (Å²) in [6.07, 6.45) is 1.79. The third kappa shape index (κ3) is 2.28. The lowest BCUT2D eigenvalue weighted by Gasteiger charge is -1.97. The molecule has 0 unspecified atom stereocenters. The van der Waals surface area contributed by atoms with Gasteiger partial charge in [-0.25, -0.2) is 9.97 Å². The van der Waals surface area contributed by atoms with Gasteiger partial charge in [-0.3, -0.25) is 4.79 Å². The highest BCUT2D eigenvalue weighted by molar-refractivity contribution is 7.10. The molecule has 5 nitrogen and oxygen atoms in total.